The first kappa shape index (κ1) is 18.4. The number of fused-ring (bicyclic) bond motifs is 1. The molecule has 26 heavy (non-hydrogen) atoms. The molecule has 0 spiro atoms. The van der Waals surface area contributed by atoms with Crippen molar-refractivity contribution >= 4 is 23.4 Å². The number of imide groups is 1. The number of likely N-dealkylation sites (tertiary alicyclic amines) is 1. The lowest BCUT2D eigenvalue weighted by Gasteiger charge is -2.14. The minimum Gasteiger partial charge on any atom is -0.326 e. The Morgan fingerprint density at radius 1 is 1.08 bits per heavy atom. The van der Waals surface area contributed by atoms with Gasteiger partial charge in [-0.3, -0.25) is 19.3 Å². The summed E-state index contributed by atoms with van der Waals surface area (Å²) in [6, 6.07) is 7.83. The first-order valence-electron chi connectivity index (χ1n) is 9.37. The van der Waals surface area contributed by atoms with Gasteiger partial charge in [0.2, 0.25) is 17.7 Å². The van der Waals surface area contributed by atoms with E-state index in [0.29, 0.717) is 31.7 Å². The average molecular weight is 354 g/mol. The van der Waals surface area contributed by atoms with Crippen molar-refractivity contribution < 1.29 is 14.4 Å². The van der Waals surface area contributed by atoms with Crippen molar-refractivity contribution in [3.05, 3.63) is 42.0 Å². The third-order valence-electron chi connectivity index (χ3n) is 5.25. The van der Waals surface area contributed by atoms with E-state index < -0.39 is 0 Å². The van der Waals surface area contributed by atoms with Crippen molar-refractivity contribution in [1.82, 2.24) is 4.90 Å². The monoisotopic (exact) mass is 354 g/mol. The maximum Gasteiger partial charge on any atom is 0.233 e. The average Bonchev–Trinajstić information content (AvgIpc) is 2.87. The van der Waals surface area contributed by atoms with Gasteiger partial charge in [0, 0.05) is 18.7 Å². The highest BCUT2D eigenvalue weighted by Crippen LogP contribution is 2.35. The first-order chi connectivity index (χ1) is 12.5. The molecular formula is C21H26N2O3. The molecule has 1 heterocycles. The Labute approximate surface area is 154 Å². The van der Waals surface area contributed by atoms with Crippen LogP contribution in [0.2, 0.25) is 0 Å². The van der Waals surface area contributed by atoms with Crippen LogP contribution in [-0.4, -0.2) is 29.2 Å². The largest absolute Gasteiger partial charge is 0.326 e. The minimum absolute atomic E-state index is 0.0750. The molecule has 1 saturated heterocycles. The second-order valence-electron chi connectivity index (χ2n) is 7.41. The lowest BCUT2D eigenvalue weighted by Crippen LogP contribution is -2.32. The molecule has 1 N–H and O–H groups in total. The minimum atomic E-state index is -0.194. The molecule has 1 fully saturated rings. The third kappa shape index (κ3) is 3.87. The summed E-state index contributed by atoms with van der Waals surface area (Å²) in [6.07, 6.45) is 6.04. The van der Waals surface area contributed by atoms with Crippen molar-refractivity contribution in [1.29, 1.82) is 0 Å². The number of hydrogen-bond acceptors (Lipinski definition) is 3. The fourth-order valence-corrected chi connectivity index (χ4v) is 3.66. The molecule has 1 aromatic carbocycles. The Morgan fingerprint density at radius 2 is 1.65 bits per heavy atom. The molecule has 3 amide bonds. The van der Waals surface area contributed by atoms with Gasteiger partial charge in [-0.25, -0.2) is 0 Å². The van der Waals surface area contributed by atoms with Crippen molar-refractivity contribution in [2.24, 2.45) is 11.8 Å². The van der Waals surface area contributed by atoms with Gasteiger partial charge in [0.1, 0.15) is 0 Å². The maximum absolute atomic E-state index is 12.4. The Balaban J connectivity index is 1.46. The summed E-state index contributed by atoms with van der Waals surface area (Å²) >= 11 is 0. The number of allylic oxidation sites excluding steroid dienone is 2. The van der Waals surface area contributed by atoms with E-state index in [9.17, 15) is 14.4 Å². The number of rotatable bonds is 6. The van der Waals surface area contributed by atoms with Gasteiger partial charge >= 0.3 is 0 Å². The summed E-state index contributed by atoms with van der Waals surface area (Å²) < 4.78 is 0. The molecule has 1 aliphatic carbocycles. The molecule has 5 nitrogen and oxygen atoms in total. The summed E-state index contributed by atoms with van der Waals surface area (Å²) in [5.74, 6) is -0.181. The van der Waals surface area contributed by atoms with E-state index in [1.807, 2.05) is 36.4 Å². The summed E-state index contributed by atoms with van der Waals surface area (Å²) in [4.78, 5) is 38.2. The van der Waals surface area contributed by atoms with Crippen LogP contribution in [0.1, 0.15) is 51.0 Å². The fourth-order valence-electron chi connectivity index (χ4n) is 3.66. The highest BCUT2D eigenvalue weighted by Gasteiger charge is 2.46. The zero-order valence-electron chi connectivity index (χ0n) is 15.4. The molecular weight excluding hydrogens is 328 g/mol. The number of hydrogen-bond donors (Lipinski definition) is 1. The summed E-state index contributed by atoms with van der Waals surface area (Å²) in [5, 5.41) is 2.87. The SMILES string of the molecule is CC(C)c1ccc(NC(=O)CCCN2C(=O)[C@H]3CC=CC[C@@H]3C2=O)cc1. The van der Waals surface area contributed by atoms with Gasteiger partial charge in [0.05, 0.1) is 11.8 Å². The number of nitrogens with one attached hydrogen (secondary N) is 1. The number of benzene rings is 1. The Hall–Kier alpha value is -2.43. The van der Waals surface area contributed by atoms with Gasteiger partial charge in [-0.15, -0.1) is 0 Å². The molecule has 2 atom stereocenters. The molecule has 5 heteroatoms. The van der Waals surface area contributed by atoms with E-state index in [1.165, 1.54) is 10.5 Å². The van der Waals surface area contributed by atoms with Gasteiger partial charge in [-0.05, 0) is 42.9 Å². The molecule has 3 rings (SSSR count). The van der Waals surface area contributed by atoms with Crippen LogP contribution in [0.25, 0.3) is 0 Å². The van der Waals surface area contributed by atoms with E-state index in [1.54, 1.807) is 0 Å². The Kier molecular flexibility index (Phi) is 5.55. The van der Waals surface area contributed by atoms with Gasteiger partial charge in [0.25, 0.3) is 0 Å². The van der Waals surface area contributed by atoms with Crippen molar-refractivity contribution in [2.75, 3.05) is 11.9 Å². The molecule has 1 aromatic rings. The van der Waals surface area contributed by atoms with Crippen LogP contribution < -0.4 is 5.32 Å². The molecule has 2 aliphatic rings. The van der Waals surface area contributed by atoms with Crippen molar-refractivity contribution in [3.63, 3.8) is 0 Å². The zero-order chi connectivity index (χ0) is 18.7. The van der Waals surface area contributed by atoms with Crippen LogP contribution >= 0.6 is 0 Å². The highest BCUT2D eigenvalue weighted by atomic mass is 16.2. The number of carbonyl (C=O) groups is 3. The lowest BCUT2D eigenvalue weighted by atomic mass is 9.85. The van der Waals surface area contributed by atoms with Gasteiger partial charge in [-0.1, -0.05) is 38.1 Å². The number of nitrogens with zero attached hydrogens (tertiary/aromatic N) is 1. The smallest absolute Gasteiger partial charge is 0.233 e. The van der Waals surface area contributed by atoms with E-state index in [0.717, 1.165) is 5.69 Å². The van der Waals surface area contributed by atoms with E-state index in [-0.39, 0.29) is 36.0 Å². The normalized spacial score (nSPS) is 22.0. The molecule has 0 aromatic heterocycles. The molecule has 0 radical (unpaired) electrons. The number of amides is 3. The van der Waals surface area contributed by atoms with Gasteiger partial charge in [0.15, 0.2) is 0 Å². The first-order valence-corrected chi connectivity index (χ1v) is 9.37. The van der Waals surface area contributed by atoms with Crippen LogP contribution in [-0.2, 0) is 14.4 Å². The van der Waals surface area contributed by atoms with Crippen LogP contribution in [0.15, 0.2) is 36.4 Å². The van der Waals surface area contributed by atoms with Crippen LogP contribution in [0.3, 0.4) is 0 Å². The number of carbonyl (C=O) groups excluding carboxylic acids is 3. The lowest BCUT2D eigenvalue weighted by molar-refractivity contribution is -0.140. The van der Waals surface area contributed by atoms with Gasteiger partial charge in [-0.2, -0.15) is 0 Å². The second-order valence-corrected chi connectivity index (χ2v) is 7.41. The summed E-state index contributed by atoms with van der Waals surface area (Å²) in [5.41, 5.74) is 2.00. The Bertz CT molecular complexity index is 695. The van der Waals surface area contributed by atoms with Crippen LogP contribution in [0.5, 0.6) is 0 Å². The van der Waals surface area contributed by atoms with Crippen molar-refractivity contribution in [3.8, 4) is 0 Å². The molecule has 0 saturated carbocycles. The van der Waals surface area contributed by atoms with Crippen LogP contribution in [0.4, 0.5) is 5.69 Å². The summed E-state index contributed by atoms with van der Waals surface area (Å²) in [6.45, 7) is 4.58. The van der Waals surface area contributed by atoms with Gasteiger partial charge < -0.3 is 5.32 Å². The molecule has 0 bridgehead atoms. The molecule has 0 unspecified atom stereocenters. The van der Waals surface area contributed by atoms with Crippen molar-refractivity contribution in [2.45, 2.75) is 45.4 Å². The third-order valence-corrected chi connectivity index (χ3v) is 5.25. The molecule has 1 aliphatic heterocycles. The van der Waals surface area contributed by atoms with E-state index in [4.69, 9.17) is 0 Å². The summed E-state index contributed by atoms with van der Waals surface area (Å²) in [7, 11) is 0. The van der Waals surface area contributed by atoms with E-state index in [2.05, 4.69) is 19.2 Å². The number of anilines is 1. The standard InChI is InChI=1S/C21H26N2O3/c1-14(2)15-9-11-16(12-10-15)22-19(24)8-5-13-23-20(25)17-6-3-4-7-18(17)21(23)26/h3-4,9-12,14,17-18H,5-8,13H2,1-2H3,(H,22,24)/t17-,18-/m0/s1. The predicted octanol–water partition coefficient (Wildman–Crippen LogP) is 3.48. The quantitative estimate of drug-likeness (QED) is 0.628. The van der Waals surface area contributed by atoms with E-state index >= 15 is 0 Å². The Morgan fingerprint density at radius 3 is 2.19 bits per heavy atom. The van der Waals surface area contributed by atoms with Crippen LogP contribution in [0, 0.1) is 11.8 Å². The zero-order valence-corrected chi connectivity index (χ0v) is 15.4. The topological polar surface area (TPSA) is 66.5 Å². The molecule has 138 valence electrons. The highest BCUT2D eigenvalue weighted by molar-refractivity contribution is 6.05. The fraction of sp³-hybridized carbons (Fsp3) is 0.476. The maximum atomic E-state index is 12.4. The second kappa shape index (κ2) is 7.85. The predicted molar refractivity (Wildman–Crippen MR) is 100 cm³/mol.